The third-order valence-corrected chi connectivity index (χ3v) is 6.68. The van der Waals surface area contributed by atoms with Gasteiger partial charge in [0.2, 0.25) is 0 Å². The third kappa shape index (κ3) is 6.10. The van der Waals surface area contributed by atoms with Crippen LogP contribution in [0.3, 0.4) is 0 Å². The molecule has 3 aromatic rings. The van der Waals surface area contributed by atoms with E-state index < -0.39 is 29.2 Å². The lowest BCUT2D eigenvalue weighted by molar-refractivity contribution is -0.0629. The molecular formula is C31H37N3O5. The molecule has 1 atom stereocenters. The highest BCUT2D eigenvalue weighted by molar-refractivity contribution is 5.93. The molecule has 2 aromatic carbocycles. The number of hydrogen-bond donors (Lipinski definition) is 0. The van der Waals surface area contributed by atoms with E-state index in [9.17, 15) is 9.59 Å². The first-order valence-electron chi connectivity index (χ1n) is 13.2. The van der Waals surface area contributed by atoms with Crippen LogP contribution in [0.4, 0.5) is 4.79 Å². The smallest absolute Gasteiger partial charge is 0.412 e. The van der Waals surface area contributed by atoms with Gasteiger partial charge < -0.3 is 14.2 Å². The molecule has 8 nitrogen and oxygen atoms in total. The molecule has 1 amide bonds. The standard InChI is InChI=1S/C31H37N3O5/c1-9-16-37-24-14-15-26-25(17-24)27(22-12-10-21(11-13-22)20(2)3)32-28(35)33(26)18-23-19-38-31(7,8)34(23)29(36)39-30(4,5)6/h1,10-15,17,20,23H,16,18-19H2,2-8H3/t23-/m0/s1. The second kappa shape index (κ2) is 10.7. The van der Waals surface area contributed by atoms with Crippen molar-refractivity contribution in [2.45, 2.75) is 78.3 Å². The number of terminal acetylenes is 1. The SMILES string of the molecule is C#CCOc1ccc2c(c1)c(-c1ccc(C(C)C)cc1)nc(=O)n2C[C@H]1COC(C)(C)N1C(=O)OC(C)(C)C. The Morgan fingerprint density at radius 1 is 1.21 bits per heavy atom. The molecule has 8 heteroatoms. The van der Waals surface area contributed by atoms with E-state index in [1.807, 2.05) is 71.0 Å². The van der Waals surface area contributed by atoms with Gasteiger partial charge in [-0.1, -0.05) is 44.0 Å². The molecule has 4 rings (SSSR count). The first kappa shape index (κ1) is 28.2. The molecule has 0 aliphatic carbocycles. The number of amides is 1. The van der Waals surface area contributed by atoms with Gasteiger partial charge in [-0.05, 0) is 64.3 Å². The average molecular weight is 532 g/mol. The number of ether oxygens (including phenoxy) is 3. The molecule has 0 spiro atoms. The van der Waals surface area contributed by atoms with E-state index in [1.165, 1.54) is 5.56 Å². The van der Waals surface area contributed by atoms with Crippen molar-refractivity contribution >= 4 is 17.0 Å². The fourth-order valence-electron chi connectivity index (χ4n) is 4.81. The quantitative estimate of drug-likeness (QED) is 0.387. The second-order valence-corrected chi connectivity index (χ2v) is 11.6. The molecule has 1 aliphatic rings. The molecule has 0 radical (unpaired) electrons. The summed E-state index contributed by atoms with van der Waals surface area (Å²) in [4.78, 5) is 32.8. The number of carbonyl (C=O) groups is 1. The number of aromatic nitrogens is 2. The Balaban J connectivity index is 1.81. The Morgan fingerprint density at radius 2 is 1.90 bits per heavy atom. The number of fused-ring (bicyclic) bond motifs is 1. The fourth-order valence-corrected chi connectivity index (χ4v) is 4.81. The summed E-state index contributed by atoms with van der Waals surface area (Å²) < 4.78 is 18.9. The summed E-state index contributed by atoms with van der Waals surface area (Å²) in [6, 6.07) is 13.1. The maximum Gasteiger partial charge on any atom is 0.412 e. The van der Waals surface area contributed by atoms with Gasteiger partial charge in [0.25, 0.3) is 0 Å². The average Bonchev–Trinajstić information content (AvgIpc) is 3.16. The summed E-state index contributed by atoms with van der Waals surface area (Å²) >= 11 is 0. The molecule has 206 valence electrons. The summed E-state index contributed by atoms with van der Waals surface area (Å²) in [7, 11) is 0. The Hall–Kier alpha value is -3.83. The number of benzene rings is 2. The molecular weight excluding hydrogens is 494 g/mol. The molecule has 1 fully saturated rings. The highest BCUT2D eigenvalue weighted by Crippen LogP contribution is 2.33. The number of rotatable bonds is 6. The number of hydrogen-bond acceptors (Lipinski definition) is 6. The normalized spacial score (nSPS) is 16.9. The maximum absolute atomic E-state index is 13.5. The summed E-state index contributed by atoms with van der Waals surface area (Å²) in [6.07, 6.45) is 4.90. The summed E-state index contributed by atoms with van der Waals surface area (Å²) in [5, 5.41) is 0.739. The van der Waals surface area contributed by atoms with Crippen molar-refractivity contribution in [1.29, 1.82) is 0 Å². The Bertz CT molecular complexity index is 1460. The van der Waals surface area contributed by atoms with Crippen molar-refractivity contribution in [3.63, 3.8) is 0 Å². The van der Waals surface area contributed by atoms with Crippen molar-refractivity contribution in [1.82, 2.24) is 14.5 Å². The Labute approximate surface area is 229 Å². The molecule has 1 aromatic heterocycles. The van der Waals surface area contributed by atoms with Gasteiger partial charge in [0.05, 0.1) is 30.4 Å². The van der Waals surface area contributed by atoms with E-state index in [1.54, 1.807) is 15.5 Å². The Morgan fingerprint density at radius 3 is 2.51 bits per heavy atom. The Kier molecular flexibility index (Phi) is 7.76. The second-order valence-electron chi connectivity index (χ2n) is 11.6. The van der Waals surface area contributed by atoms with Gasteiger partial charge in [-0.15, -0.1) is 6.42 Å². The lowest BCUT2D eigenvalue weighted by Gasteiger charge is -2.35. The summed E-state index contributed by atoms with van der Waals surface area (Å²) in [5.74, 6) is 3.44. The van der Waals surface area contributed by atoms with Gasteiger partial charge in [-0.25, -0.2) is 9.59 Å². The summed E-state index contributed by atoms with van der Waals surface area (Å²) in [5.41, 5.74) is 1.25. The number of carbonyl (C=O) groups excluding carboxylic acids is 1. The maximum atomic E-state index is 13.5. The van der Waals surface area contributed by atoms with Crippen LogP contribution in [-0.4, -0.2) is 51.1 Å². The van der Waals surface area contributed by atoms with Gasteiger partial charge >= 0.3 is 11.8 Å². The van der Waals surface area contributed by atoms with Crippen LogP contribution in [0.25, 0.3) is 22.2 Å². The van der Waals surface area contributed by atoms with Crippen molar-refractivity contribution in [2.75, 3.05) is 13.2 Å². The van der Waals surface area contributed by atoms with E-state index in [4.69, 9.17) is 20.6 Å². The monoisotopic (exact) mass is 531 g/mol. The largest absolute Gasteiger partial charge is 0.481 e. The van der Waals surface area contributed by atoms with Crippen molar-refractivity contribution in [3.05, 3.63) is 58.5 Å². The zero-order chi connectivity index (χ0) is 28.5. The van der Waals surface area contributed by atoms with Crippen LogP contribution in [0, 0.1) is 12.3 Å². The first-order chi connectivity index (χ1) is 18.3. The molecule has 1 aliphatic heterocycles. The van der Waals surface area contributed by atoms with Crippen LogP contribution in [-0.2, 0) is 16.0 Å². The third-order valence-electron chi connectivity index (χ3n) is 6.68. The molecule has 0 bridgehead atoms. The number of nitrogens with zero attached hydrogens (tertiary/aromatic N) is 3. The van der Waals surface area contributed by atoms with E-state index >= 15 is 0 Å². The highest BCUT2D eigenvalue weighted by atomic mass is 16.6. The lowest BCUT2D eigenvalue weighted by Crippen LogP contribution is -2.51. The van der Waals surface area contributed by atoms with E-state index in [0.717, 1.165) is 10.9 Å². The fraction of sp³-hybridized carbons (Fsp3) is 0.452. The molecule has 1 saturated heterocycles. The van der Waals surface area contributed by atoms with Crippen LogP contribution in [0.15, 0.2) is 47.3 Å². The van der Waals surface area contributed by atoms with Crippen molar-refractivity contribution in [2.24, 2.45) is 0 Å². The zero-order valence-electron chi connectivity index (χ0n) is 23.8. The lowest BCUT2D eigenvalue weighted by atomic mass is 9.99. The first-order valence-corrected chi connectivity index (χ1v) is 13.2. The minimum atomic E-state index is -0.895. The minimum absolute atomic E-state index is 0.121. The van der Waals surface area contributed by atoms with Crippen LogP contribution >= 0.6 is 0 Å². The predicted octanol–water partition coefficient (Wildman–Crippen LogP) is 5.57. The van der Waals surface area contributed by atoms with Gasteiger partial charge in [-0.3, -0.25) is 9.47 Å². The van der Waals surface area contributed by atoms with Crippen molar-refractivity contribution in [3.8, 4) is 29.4 Å². The van der Waals surface area contributed by atoms with Gasteiger partial charge in [0.1, 0.15) is 23.7 Å². The van der Waals surface area contributed by atoms with Crippen LogP contribution in [0.2, 0.25) is 0 Å². The van der Waals surface area contributed by atoms with Crippen LogP contribution < -0.4 is 10.4 Å². The molecule has 0 N–H and O–H groups in total. The minimum Gasteiger partial charge on any atom is -0.481 e. The van der Waals surface area contributed by atoms with Crippen LogP contribution in [0.1, 0.15) is 59.9 Å². The van der Waals surface area contributed by atoms with Gasteiger partial charge in [-0.2, -0.15) is 4.98 Å². The molecule has 39 heavy (non-hydrogen) atoms. The van der Waals surface area contributed by atoms with E-state index in [0.29, 0.717) is 22.9 Å². The zero-order valence-corrected chi connectivity index (χ0v) is 23.8. The van der Waals surface area contributed by atoms with Gasteiger partial charge in [0, 0.05) is 10.9 Å². The molecule has 0 unspecified atom stereocenters. The van der Waals surface area contributed by atoms with E-state index in [-0.39, 0.29) is 19.8 Å². The molecule has 0 saturated carbocycles. The predicted molar refractivity (Wildman–Crippen MR) is 152 cm³/mol. The summed E-state index contributed by atoms with van der Waals surface area (Å²) in [6.45, 7) is 13.9. The van der Waals surface area contributed by atoms with Gasteiger partial charge in [0.15, 0.2) is 0 Å². The van der Waals surface area contributed by atoms with Crippen LogP contribution in [0.5, 0.6) is 5.75 Å². The van der Waals surface area contributed by atoms with E-state index in [2.05, 4.69) is 24.8 Å². The highest BCUT2D eigenvalue weighted by Gasteiger charge is 2.46. The van der Waals surface area contributed by atoms with Crippen molar-refractivity contribution < 1.29 is 19.0 Å². The molecule has 2 heterocycles. The topological polar surface area (TPSA) is 82.9 Å².